The van der Waals surface area contributed by atoms with E-state index in [0.29, 0.717) is 11.4 Å². The number of amides is 2. The van der Waals surface area contributed by atoms with Crippen molar-refractivity contribution in [3.63, 3.8) is 0 Å². The van der Waals surface area contributed by atoms with Gasteiger partial charge in [-0.25, -0.2) is 5.01 Å². The van der Waals surface area contributed by atoms with Gasteiger partial charge >= 0.3 is 0 Å². The summed E-state index contributed by atoms with van der Waals surface area (Å²) in [6.07, 6.45) is -0.863. The molecular formula is C13H15N3O3. The number of aliphatic hydroxyl groups excluding tert-OH is 1. The van der Waals surface area contributed by atoms with E-state index in [4.69, 9.17) is 0 Å². The molecule has 6 nitrogen and oxygen atoms in total. The van der Waals surface area contributed by atoms with Gasteiger partial charge in [0.15, 0.2) is 0 Å². The third-order valence-electron chi connectivity index (χ3n) is 2.80. The van der Waals surface area contributed by atoms with Gasteiger partial charge in [0, 0.05) is 25.2 Å². The maximum Gasteiger partial charge on any atom is 0.245 e. The SMILES string of the molecule is CC(=O)Nc1ccc(C2=NN(C)C(=O)CC2O)cc1. The molecule has 1 aliphatic rings. The van der Waals surface area contributed by atoms with Crippen molar-refractivity contribution in [3.8, 4) is 0 Å². The van der Waals surface area contributed by atoms with Crippen molar-refractivity contribution in [2.75, 3.05) is 12.4 Å². The largest absolute Gasteiger partial charge is 0.386 e. The molecule has 0 saturated heterocycles. The van der Waals surface area contributed by atoms with Crippen LogP contribution in [-0.2, 0) is 9.59 Å². The molecule has 6 heteroatoms. The quantitative estimate of drug-likeness (QED) is 0.816. The molecule has 0 spiro atoms. The van der Waals surface area contributed by atoms with Gasteiger partial charge < -0.3 is 10.4 Å². The highest BCUT2D eigenvalue weighted by atomic mass is 16.3. The standard InChI is InChI=1S/C13H15N3O3/c1-8(17)14-10-5-3-9(4-6-10)13-11(18)7-12(19)16(2)15-13/h3-6,11,18H,7H2,1-2H3,(H,14,17). The summed E-state index contributed by atoms with van der Waals surface area (Å²) in [6.45, 7) is 1.43. The van der Waals surface area contributed by atoms with Crippen molar-refractivity contribution < 1.29 is 14.7 Å². The summed E-state index contributed by atoms with van der Waals surface area (Å²) < 4.78 is 0. The van der Waals surface area contributed by atoms with Crippen LogP contribution in [0.15, 0.2) is 29.4 Å². The molecule has 1 aromatic rings. The third-order valence-corrected chi connectivity index (χ3v) is 2.80. The second kappa shape index (κ2) is 5.19. The molecule has 0 saturated carbocycles. The molecule has 0 fully saturated rings. The van der Waals surface area contributed by atoms with E-state index in [0.717, 1.165) is 5.56 Å². The van der Waals surface area contributed by atoms with Gasteiger partial charge in [-0.1, -0.05) is 12.1 Å². The predicted molar refractivity (Wildman–Crippen MR) is 70.7 cm³/mol. The molecular weight excluding hydrogens is 246 g/mol. The lowest BCUT2D eigenvalue weighted by atomic mass is 10.0. The van der Waals surface area contributed by atoms with Crippen LogP contribution in [0.1, 0.15) is 18.9 Å². The summed E-state index contributed by atoms with van der Waals surface area (Å²) in [5.41, 5.74) is 1.85. The van der Waals surface area contributed by atoms with Gasteiger partial charge in [-0.3, -0.25) is 9.59 Å². The van der Waals surface area contributed by atoms with Crippen molar-refractivity contribution >= 4 is 23.2 Å². The minimum Gasteiger partial charge on any atom is -0.386 e. The molecule has 0 radical (unpaired) electrons. The summed E-state index contributed by atoms with van der Waals surface area (Å²) in [4.78, 5) is 22.3. The third kappa shape index (κ3) is 2.97. The van der Waals surface area contributed by atoms with E-state index in [1.165, 1.54) is 11.9 Å². The molecule has 100 valence electrons. The topological polar surface area (TPSA) is 82.0 Å². The summed E-state index contributed by atoms with van der Waals surface area (Å²) >= 11 is 0. The number of rotatable bonds is 2. The lowest BCUT2D eigenvalue weighted by molar-refractivity contribution is -0.132. The van der Waals surface area contributed by atoms with Crippen LogP contribution < -0.4 is 5.32 Å². The van der Waals surface area contributed by atoms with Crippen molar-refractivity contribution in [2.45, 2.75) is 19.4 Å². The zero-order valence-electron chi connectivity index (χ0n) is 10.8. The van der Waals surface area contributed by atoms with Gasteiger partial charge in [0.25, 0.3) is 0 Å². The number of hydrogen-bond donors (Lipinski definition) is 2. The van der Waals surface area contributed by atoms with Crippen LogP contribution >= 0.6 is 0 Å². The summed E-state index contributed by atoms with van der Waals surface area (Å²) in [5, 5.41) is 17.8. The Bertz CT molecular complexity index is 537. The number of hydrogen-bond acceptors (Lipinski definition) is 4. The molecule has 1 heterocycles. The Labute approximate surface area is 110 Å². The first-order chi connectivity index (χ1) is 8.97. The highest BCUT2D eigenvalue weighted by Gasteiger charge is 2.26. The molecule has 1 aliphatic heterocycles. The lowest BCUT2D eigenvalue weighted by Crippen LogP contribution is -2.38. The van der Waals surface area contributed by atoms with Gasteiger partial charge in [-0.05, 0) is 12.1 Å². The summed E-state index contributed by atoms with van der Waals surface area (Å²) in [6, 6.07) is 6.94. The molecule has 1 atom stereocenters. The van der Waals surface area contributed by atoms with Crippen molar-refractivity contribution in [2.24, 2.45) is 5.10 Å². The fourth-order valence-electron chi connectivity index (χ4n) is 1.86. The van der Waals surface area contributed by atoms with E-state index in [9.17, 15) is 14.7 Å². The molecule has 2 N–H and O–H groups in total. The van der Waals surface area contributed by atoms with Crippen LogP contribution in [0.4, 0.5) is 5.69 Å². The summed E-state index contributed by atoms with van der Waals surface area (Å²) in [7, 11) is 1.56. The van der Waals surface area contributed by atoms with Crippen LogP contribution in [0.3, 0.4) is 0 Å². The van der Waals surface area contributed by atoms with Crippen molar-refractivity contribution in [3.05, 3.63) is 29.8 Å². The van der Waals surface area contributed by atoms with E-state index in [1.54, 1.807) is 31.3 Å². The zero-order valence-corrected chi connectivity index (χ0v) is 10.8. The van der Waals surface area contributed by atoms with Gasteiger partial charge in [-0.2, -0.15) is 5.10 Å². The molecule has 1 aromatic carbocycles. The normalized spacial score (nSPS) is 19.1. The van der Waals surface area contributed by atoms with Crippen LogP contribution in [0.25, 0.3) is 0 Å². The van der Waals surface area contributed by atoms with E-state index in [-0.39, 0.29) is 18.2 Å². The molecule has 0 aromatic heterocycles. The van der Waals surface area contributed by atoms with E-state index in [2.05, 4.69) is 10.4 Å². The Morgan fingerprint density at radius 2 is 2.05 bits per heavy atom. The Kier molecular flexibility index (Phi) is 3.62. The molecule has 2 amide bonds. The molecule has 2 rings (SSSR count). The first kappa shape index (κ1) is 13.2. The second-order valence-electron chi connectivity index (χ2n) is 4.38. The fourth-order valence-corrected chi connectivity index (χ4v) is 1.86. The van der Waals surface area contributed by atoms with Crippen LogP contribution in [0.2, 0.25) is 0 Å². The first-order valence-electron chi connectivity index (χ1n) is 5.88. The molecule has 0 aliphatic carbocycles. The van der Waals surface area contributed by atoms with Gasteiger partial charge in [0.2, 0.25) is 11.8 Å². The van der Waals surface area contributed by atoms with Crippen molar-refractivity contribution in [1.82, 2.24) is 5.01 Å². The average Bonchev–Trinajstić information content (AvgIpc) is 2.34. The minimum absolute atomic E-state index is 0.0305. The minimum atomic E-state index is -0.893. The maximum atomic E-state index is 11.4. The first-order valence-corrected chi connectivity index (χ1v) is 5.88. The number of benzene rings is 1. The number of carbonyl (C=O) groups excluding carboxylic acids is 2. The van der Waals surface area contributed by atoms with E-state index >= 15 is 0 Å². The number of aliphatic hydroxyl groups is 1. The predicted octanol–water partition coefficient (Wildman–Crippen LogP) is 0.572. The Morgan fingerprint density at radius 3 is 2.63 bits per heavy atom. The van der Waals surface area contributed by atoms with Gasteiger partial charge in [0.05, 0.1) is 12.1 Å². The number of hydrazone groups is 1. The Hall–Kier alpha value is -2.21. The number of nitrogens with zero attached hydrogens (tertiary/aromatic N) is 2. The fraction of sp³-hybridized carbons (Fsp3) is 0.308. The molecule has 0 bridgehead atoms. The number of nitrogens with one attached hydrogen (secondary N) is 1. The number of anilines is 1. The van der Waals surface area contributed by atoms with Gasteiger partial charge in [0.1, 0.15) is 6.10 Å². The Balaban J connectivity index is 2.24. The summed E-state index contributed by atoms with van der Waals surface area (Å²) in [5.74, 6) is -0.362. The van der Waals surface area contributed by atoms with Crippen LogP contribution in [-0.4, -0.2) is 40.8 Å². The highest BCUT2D eigenvalue weighted by Crippen LogP contribution is 2.17. The maximum absolute atomic E-state index is 11.4. The van der Waals surface area contributed by atoms with E-state index in [1.807, 2.05) is 0 Å². The van der Waals surface area contributed by atoms with Crippen LogP contribution in [0.5, 0.6) is 0 Å². The number of carbonyl (C=O) groups is 2. The smallest absolute Gasteiger partial charge is 0.245 e. The van der Waals surface area contributed by atoms with E-state index < -0.39 is 6.10 Å². The van der Waals surface area contributed by atoms with Gasteiger partial charge in [-0.15, -0.1) is 0 Å². The van der Waals surface area contributed by atoms with Crippen LogP contribution in [0, 0.1) is 0 Å². The second-order valence-corrected chi connectivity index (χ2v) is 4.38. The lowest BCUT2D eigenvalue weighted by Gasteiger charge is -2.24. The Morgan fingerprint density at radius 1 is 1.42 bits per heavy atom. The van der Waals surface area contributed by atoms with Crippen molar-refractivity contribution in [1.29, 1.82) is 0 Å². The molecule has 19 heavy (non-hydrogen) atoms. The highest BCUT2D eigenvalue weighted by molar-refractivity contribution is 6.07. The monoisotopic (exact) mass is 261 g/mol. The molecule has 1 unspecified atom stereocenters. The zero-order chi connectivity index (χ0) is 14.0. The average molecular weight is 261 g/mol.